The van der Waals surface area contributed by atoms with Crippen molar-refractivity contribution in [3.63, 3.8) is 0 Å². The Labute approximate surface area is 127 Å². The number of nitrogens with one attached hydrogen (secondary N) is 1. The van der Waals surface area contributed by atoms with Gasteiger partial charge in [0.15, 0.2) is 0 Å². The Hall–Kier alpha value is -1.15. The zero-order valence-corrected chi connectivity index (χ0v) is 13.7. The molecule has 1 aromatic rings. The Morgan fingerprint density at radius 2 is 2.05 bits per heavy atom. The molecule has 0 amide bonds. The molecule has 1 rings (SSSR count). The van der Waals surface area contributed by atoms with E-state index in [9.17, 15) is 8.42 Å². The molecule has 3 N–H and O–H groups in total. The van der Waals surface area contributed by atoms with Crippen molar-refractivity contribution in [1.82, 2.24) is 9.62 Å². The molecule has 0 saturated carbocycles. The first-order valence-electron chi connectivity index (χ1n) is 7.08. The molecule has 0 aromatic heterocycles. The summed E-state index contributed by atoms with van der Waals surface area (Å²) in [5, 5.41) is 0. The summed E-state index contributed by atoms with van der Waals surface area (Å²) in [6, 6.07) is 4.76. The molecule has 1 aromatic carbocycles. The van der Waals surface area contributed by atoms with Crippen molar-refractivity contribution < 1.29 is 13.2 Å². The number of benzene rings is 1. The molecule has 21 heavy (non-hydrogen) atoms. The molecule has 0 fully saturated rings. The smallest absolute Gasteiger partial charge is 0.240 e. The van der Waals surface area contributed by atoms with Crippen molar-refractivity contribution >= 4 is 10.0 Å². The highest BCUT2D eigenvalue weighted by molar-refractivity contribution is 7.89. The van der Waals surface area contributed by atoms with Gasteiger partial charge in [-0.2, -0.15) is 0 Å². The quantitative estimate of drug-likeness (QED) is 0.703. The van der Waals surface area contributed by atoms with Crippen LogP contribution in [0.2, 0.25) is 0 Å². The molecule has 0 aliphatic heterocycles. The summed E-state index contributed by atoms with van der Waals surface area (Å²) in [5.41, 5.74) is 6.33. The van der Waals surface area contributed by atoms with Crippen molar-refractivity contribution in [1.29, 1.82) is 0 Å². The normalized spacial score (nSPS) is 11.9. The molecule has 0 spiro atoms. The minimum absolute atomic E-state index is 0.213. The fourth-order valence-corrected chi connectivity index (χ4v) is 2.86. The van der Waals surface area contributed by atoms with E-state index in [1.54, 1.807) is 12.1 Å². The number of hydrogen-bond donors (Lipinski definition) is 2. The Balaban J connectivity index is 2.83. The first kappa shape index (κ1) is 17.9. The van der Waals surface area contributed by atoms with Crippen LogP contribution in [-0.4, -0.2) is 46.6 Å². The monoisotopic (exact) mass is 315 g/mol. The van der Waals surface area contributed by atoms with Crippen molar-refractivity contribution in [2.24, 2.45) is 5.73 Å². The lowest BCUT2D eigenvalue weighted by atomic mass is 10.2. The summed E-state index contributed by atoms with van der Waals surface area (Å²) in [6.45, 7) is 6.56. The van der Waals surface area contributed by atoms with Crippen LogP contribution in [0.15, 0.2) is 23.1 Å². The van der Waals surface area contributed by atoms with Gasteiger partial charge in [-0.25, -0.2) is 13.1 Å². The van der Waals surface area contributed by atoms with Crippen molar-refractivity contribution in [2.75, 3.05) is 33.3 Å². The lowest BCUT2D eigenvalue weighted by Crippen LogP contribution is -2.33. The Kier molecular flexibility index (Phi) is 7.10. The van der Waals surface area contributed by atoms with E-state index in [-0.39, 0.29) is 11.4 Å². The molecule has 6 nitrogen and oxygen atoms in total. The Morgan fingerprint density at radius 1 is 1.33 bits per heavy atom. The number of sulfonamides is 1. The van der Waals surface area contributed by atoms with Gasteiger partial charge in [0.05, 0.1) is 11.5 Å². The third-order valence-corrected chi connectivity index (χ3v) is 4.65. The zero-order valence-electron chi connectivity index (χ0n) is 12.9. The fraction of sp³-hybridized carbons (Fsp3) is 0.571. The maximum absolute atomic E-state index is 12.2. The highest BCUT2D eigenvalue weighted by atomic mass is 32.2. The first-order valence-corrected chi connectivity index (χ1v) is 8.56. The van der Waals surface area contributed by atoms with E-state index in [4.69, 9.17) is 10.5 Å². The predicted octanol–water partition coefficient (Wildman–Crippen LogP) is 0.774. The summed E-state index contributed by atoms with van der Waals surface area (Å²) < 4.78 is 32.5. The SMILES string of the molecule is CCOc1ccc(S(=O)(=O)NCCN(C)CC)cc1CN. The minimum atomic E-state index is -3.52. The largest absolute Gasteiger partial charge is 0.494 e. The van der Waals surface area contributed by atoms with E-state index in [2.05, 4.69) is 4.72 Å². The average molecular weight is 315 g/mol. The van der Waals surface area contributed by atoms with Crippen molar-refractivity contribution in [3.8, 4) is 5.75 Å². The molecule has 0 radical (unpaired) electrons. The zero-order chi connectivity index (χ0) is 15.9. The van der Waals surface area contributed by atoms with Crippen LogP contribution in [0.4, 0.5) is 0 Å². The molecule has 0 bridgehead atoms. The van der Waals surface area contributed by atoms with Crippen LogP contribution in [0, 0.1) is 0 Å². The first-order chi connectivity index (χ1) is 9.94. The van der Waals surface area contributed by atoms with E-state index in [1.165, 1.54) is 6.07 Å². The third kappa shape index (κ3) is 5.28. The van der Waals surface area contributed by atoms with Gasteiger partial charge in [-0.15, -0.1) is 0 Å². The summed E-state index contributed by atoms with van der Waals surface area (Å²) >= 11 is 0. The molecule has 0 aliphatic carbocycles. The van der Waals surface area contributed by atoms with Gasteiger partial charge in [-0.1, -0.05) is 6.92 Å². The van der Waals surface area contributed by atoms with Crippen LogP contribution >= 0.6 is 0 Å². The van der Waals surface area contributed by atoms with E-state index in [0.29, 0.717) is 31.0 Å². The van der Waals surface area contributed by atoms with Crippen LogP contribution in [-0.2, 0) is 16.6 Å². The molecule has 0 aliphatic rings. The van der Waals surface area contributed by atoms with Gasteiger partial charge in [-0.05, 0) is 38.7 Å². The summed E-state index contributed by atoms with van der Waals surface area (Å²) in [6.07, 6.45) is 0. The fourth-order valence-electron chi connectivity index (χ4n) is 1.79. The molecule has 0 heterocycles. The molecular weight excluding hydrogens is 290 g/mol. The van der Waals surface area contributed by atoms with Crippen LogP contribution in [0.3, 0.4) is 0 Å². The van der Waals surface area contributed by atoms with Gasteiger partial charge in [0, 0.05) is 25.2 Å². The standard InChI is InChI=1S/C14H25N3O3S/c1-4-17(3)9-8-16-21(18,19)13-6-7-14(20-5-2)12(10-13)11-15/h6-7,10,16H,4-5,8-9,11,15H2,1-3H3. The molecule has 0 unspecified atom stereocenters. The second-order valence-electron chi connectivity index (χ2n) is 4.70. The number of likely N-dealkylation sites (N-methyl/N-ethyl adjacent to an activating group) is 1. The van der Waals surface area contributed by atoms with Gasteiger partial charge in [0.1, 0.15) is 5.75 Å². The second-order valence-corrected chi connectivity index (χ2v) is 6.47. The van der Waals surface area contributed by atoms with Gasteiger partial charge >= 0.3 is 0 Å². The predicted molar refractivity (Wildman–Crippen MR) is 83.9 cm³/mol. The maximum atomic E-state index is 12.2. The van der Waals surface area contributed by atoms with Crippen LogP contribution in [0.25, 0.3) is 0 Å². The highest BCUT2D eigenvalue weighted by Crippen LogP contribution is 2.22. The topological polar surface area (TPSA) is 84.7 Å². The number of hydrogen-bond acceptors (Lipinski definition) is 5. The minimum Gasteiger partial charge on any atom is -0.494 e. The maximum Gasteiger partial charge on any atom is 0.240 e. The Bertz CT molecular complexity index is 546. The van der Waals surface area contributed by atoms with Gasteiger partial charge < -0.3 is 15.4 Å². The van der Waals surface area contributed by atoms with Crippen LogP contribution in [0.1, 0.15) is 19.4 Å². The summed E-state index contributed by atoms with van der Waals surface area (Å²) in [5.74, 6) is 0.629. The molecule has 0 atom stereocenters. The van der Waals surface area contributed by atoms with Gasteiger partial charge in [-0.3, -0.25) is 0 Å². The lowest BCUT2D eigenvalue weighted by molar-refractivity contribution is 0.336. The highest BCUT2D eigenvalue weighted by Gasteiger charge is 2.16. The summed E-state index contributed by atoms with van der Waals surface area (Å²) in [4.78, 5) is 2.25. The third-order valence-electron chi connectivity index (χ3n) is 3.19. The number of nitrogens with two attached hydrogens (primary N) is 1. The Morgan fingerprint density at radius 3 is 2.62 bits per heavy atom. The van der Waals surface area contributed by atoms with E-state index in [1.807, 2.05) is 25.8 Å². The van der Waals surface area contributed by atoms with E-state index in [0.717, 1.165) is 6.54 Å². The molecular formula is C14H25N3O3S. The van der Waals surface area contributed by atoms with Gasteiger partial charge in [0.2, 0.25) is 10.0 Å². The van der Waals surface area contributed by atoms with Crippen molar-refractivity contribution in [2.45, 2.75) is 25.3 Å². The van der Waals surface area contributed by atoms with Gasteiger partial charge in [0.25, 0.3) is 0 Å². The average Bonchev–Trinajstić information content (AvgIpc) is 2.47. The number of ether oxygens (including phenoxy) is 1. The molecule has 7 heteroatoms. The lowest BCUT2D eigenvalue weighted by Gasteiger charge is -2.15. The summed E-state index contributed by atoms with van der Waals surface area (Å²) in [7, 11) is -1.57. The molecule has 120 valence electrons. The van der Waals surface area contributed by atoms with Crippen molar-refractivity contribution in [3.05, 3.63) is 23.8 Å². The van der Waals surface area contributed by atoms with Crippen LogP contribution < -0.4 is 15.2 Å². The van der Waals surface area contributed by atoms with Crippen LogP contribution in [0.5, 0.6) is 5.75 Å². The number of rotatable bonds is 9. The van der Waals surface area contributed by atoms with E-state index < -0.39 is 10.0 Å². The second kappa shape index (κ2) is 8.33. The van der Waals surface area contributed by atoms with E-state index >= 15 is 0 Å². The molecule has 0 saturated heterocycles. The number of nitrogens with zero attached hydrogens (tertiary/aromatic N) is 1.